The fourth-order valence-electron chi connectivity index (χ4n) is 1.20. The molecule has 0 aliphatic rings. The van der Waals surface area contributed by atoms with Gasteiger partial charge in [0.1, 0.15) is 12.0 Å². The van der Waals surface area contributed by atoms with Crippen molar-refractivity contribution in [2.24, 2.45) is 5.10 Å². The third-order valence-electron chi connectivity index (χ3n) is 2.04. The molecule has 0 aliphatic heterocycles. The van der Waals surface area contributed by atoms with Gasteiger partial charge in [-0.3, -0.25) is 9.89 Å². The first-order valence-corrected chi connectivity index (χ1v) is 5.53. The fraction of sp³-hybridized carbons (Fsp3) is 0. The van der Waals surface area contributed by atoms with Crippen molar-refractivity contribution in [2.75, 3.05) is 0 Å². The molecule has 1 heterocycles. The Morgan fingerprint density at radius 2 is 2.33 bits per heavy atom. The third kappa shape index (κ3) is 2.52. The van der Waals surface area contributed by atoms with Gasteiger partial charge in [-0.25, -0.2) is 4.39 Å². The van der Waals surface area contributed by atoms with E-state index in [2.05, 4.69) is 15.3 Å². The van der Waals surface area contributed by atoms with Crippen molar-refractivity contribution < 1.29 is 4.39 Å². The molecular weight excluding hydrogens is 279 g/mol. The van der Waals surface area contributed by atoms with Crippen LogP contribution in [0, 0.1) is 10.6 Å². The first-order valence-electron chi connectivity index (χ1n) is 4.74. The zero-order valence-electron chi connectivity index (χ0n) is 8.80. The van der Waals surface area contributed by atoms with Crippen LogP contribution in [0.5, 0.6) is 0 Å². The Hall–Kier alpha value is -1.86. The monoisotopic (exact) mass is 284 g/mol. The van der Waals surface area contributed by atoms with Crippen LogP contribution in [0.1, 0.15) is 5.56 Å². The number of nitrogens with one attached hydrogen (secondary N) is 1. The highest BCUT2D eigenvalue weighted by Gasteiger charge is 2.04. The van der Waals surface area contributed by atoms with E-state index in [0.717, 1.165) is 17.1 Å². The molecule has 1 N–H and O–H groups in total. The van der Waals surface area contributed by atoms with Crippen molar-refractivity contribution in [2.45, 2.75) is 0 Å². The summed E-state index contributed by atoms with van der Waals surface area (Å²) in [6.07, 6.45) is 2.14. The number of rotatable bonds is 2. The van der Waals surface area contributed by atoms with Crippen molar-refractivity contribution in [3.63, 3.8) is 0 Å². The van der Waals surface area contributed by atoms with Crippen LogP contribution in [0.25, 0.3) is 0 Å². The van der Waals surface area contributed by atoms with Crippen molar-refractivity contribution in [3.05, 3.63) is 55.9 Å². The molecule has 0 bridgehead atoms. The largest absolute Gasteiger partial charge is 0.293 e. The summed E-state index contributed by atoms with van der Waals surface area (Å²) in [6.45, 7) is 0. The Balaban J connectivity index is 2.49. The predicted octanol–water partition coefficient (Wildman–Crippen LogP) is 1.98. The lowest BCUT2D eigenvalue weighted by molar-refractivity contribution is 0.625. The fourth-order valence-corrected chi connectivity index (χ4v) is 1.61. The maximum Gasteiger partial charge on any atom is 0.293 e. The van der Waals surface area contributed by atoms with Gasteiger partial charge in [-0.05, 0) is 24.4 Å². The van der Waals surface area contributed by atoms with Gasteiger partial charge in [-0.15, -0.1) is 0 Å². The Labute approximate surface area is 111 Å². The van der Waals surface area contributed by atoms with Crippen LogP contribution in [-0.4, -0.2) is 21.1 Å². The Kier molecular flexibility index (Phi) is 3.63. The minimum Gasteiger partial charge on any atom is -0.265 e. The highest BCUT2D eigenvalue weighted by atomic mass is 35.5. The molecule has 0 saturated heterocycles. The molecule has 0 fully saturated rings. The van der Waals surface area contributed by atoms with E-state index in [4.69, 9.17) is 23.8 Å². The summed E-state index contributed by atoms with van der Waals surface area (Å²) in [6, 6.07) is 4.23. The average molecular weight is 285 g/mol. The first kappa shape index (κ1) is 12.6. The zero-order chi connectivity index (χ0) is 13.1. The second-order valence-corrected chi connectivity index (χ2v) is 4.00. The Morgan fingerprint density at radius 1 is 1.56 bits per heavy atom. The minimum atomic E-state index is -0.539. The Morgan fingerprint density at radius 3 is 3.00 bits per heavy atom. The molecule has 92 valence electrons. The summed E-state index contributed by atoms with van der Waals surface area (Å²) >= 11 is 10.6. The summed E-state index contributed by atoms with van der Waals surface area (Å²) in [5.41, 5.74) is -0.445. The van der Waals surface area contributed by atoms with Crippen molar-refractivity contribution in [3.8, 4) is 0 Å². The molecule has 0 unspecified atom stereocenters. The summed E-state index contributed by atoms with van der Waals surface area (Å²) in [4.78, 5) is 11.4. The number of H-pyrrole nitrogens is 1. The number of nitrogens with zero attached hydrogens (tertiary/aromatic N) is 3. The van der Waals surface area contributed by atoms with Crippen LogP contribution in [-0.2, 0) is 0 Å². The van der Waals surface area contributed by atoms with Gasteiger partial charge in [-0.2, -0.15) is 14.9 Å². The van der Waals surface area contributed by atoms with E-state index in [1.807, 2.05) is 0 Å². The average Bonchev–Trinajstić information content (AvgIpc) is 2.31. The second kappa shape index (κ2) is 5.19. The lowest BCUT2D eigenvalue weighted by atomic mass is 10.2. The molecule has 0 spiro atoms. The van der Waals surface area contributed by atoms with E-state index >= 15 is 0 Å². The van der Waals surface area contributed by atoms with Gasteiger partial charge in [0.25, 0.3) is 5.56 Å². The van der Waals surface area contributed by atoms with Crippen molar-refractivity contribution >= 4 is 30.0 Å². The summed E-state index contributed by atoms with van der Waals surface area (Å²) in [5.74, 6) is -0.539. The number of hydrogen-bond donors (Lipinski definition) is 1. The van der Waals surface area contributed by atoms with E-state index in [0.29, 0.717) is 0 Å². The second-order valence-electron chi connectivity index (χ2n) is 3.21. The molecule has 0 aliphatic carbocycles. The molecule has 2 rings (SSSR count). The van der Waals surface area contributed by atoms with Crippen LogP contribution >= 0.6 is 23.8 Å². The summed E-state index contributed by atoms with van der Waals surface area (Å²) in [7, 11) is 0. The van der Waals surface area contributed by atoms with E-state index < -0.39 is 11.4 Å². The molecule has 0 amide bonds. The van der Waals surface area contributed by atoms with Gasteiger partial charge < -0.3 is 0 Å². The number of hydrogen-bond acceptors (Lipinski definition) is 4. The van der Waals surface area contributed by atoms with Gasteiger partial charge in [0.2, 0.25) is 4.77 Å². The zero-order valence-corrected chi connectivity index (χ0v) is 10.4. The van der Waals surface area contributed by atoms with Gasteiger partial charge in [0.05, 0.1) is 11.2 Å². The highest BCUT2D eigenvalue weighted by Crippen LogP contribution is 2.16. The lowest BCUT2D eigenvalue weighted by Crippen LogP contribution is -2.18. The van der Waals surface area contributed by atoms with Crippen LogP contribution < -0.4 is 5.56 Å². The quantitative estimate of drug-likeness (QED) is 0.677. The lowest BCUT2D eigenvalue weighted by Gasteiger charge is -2.00. The molecule has 1 aromatic heterocycles. The van der Waals surface area contributed by atoms with E-state index in [-0.39, 0.29) is 15.4 Å². The van der Waals surface area contributed by atoms with Gasteiger partial charge in [0.15, 0.2) is 0 Å². The Bertz CT molecular complexity index is 676. The number of aromatic amines is 1. The number of aromatic nitrogens is 3. The molecule has 0 atom stereocenters. The molecular formula is C10H6ClFN4OS. The summed E-state index contributed by atoms with van der Waals surface area (Å²) in [5, 5.41) is 9.86. The van der Waals surface area contributed by atoms with Crippen LogP contribution in [0.15, 0.2) is 34.3 Å². The van der Waals surface area contributed by atoms with Crippen molar-refractivity contribution in [1.82, 2.24) is 14.9 Å². The molecule has 1 aromatic carbocycles. The van der Waals surface area contributed by atoms with Crippen LogP contribution in [0.4, 0.5) is 4.39 Å². The van der Waals surface area contributed by atoms with Gasteiger partial charge in [0, 0.05) is 5.56 Å². The number of halogens is 2. The minimum absolute atomic E-state index is 0.00575. The molecule has 8 heteroatoms. The molecule has 0 saturated carbocycles. The number of benzene rings is 1. The highest BCUT2D eigenvalue weighted by molar-refractivity contribution is 7.71. The van der Waals surface area contributed by atoms with E-state index in [9.17, 15) is 9.18 Å². The molecule has 0 radical (unpaired) electrons. The molecule has 18 heavy (non-hydrogen) atoms. The first-order chi connectivity index (χ1) is 8.59. The maximum atomic E-state index is 13.4. The molecule has 5 nitrogen and oxygen atoms in total. The van der Waals surface area contributed by atoms with E-state index in [1.165, 1.54) is 18.2 Å². The molecule has 2 aromatic rings. The van der Waals surface area contributed by atoms with Crippen molar-refractivity contribution in [1.29, 1.82) is 0 Å². The maximum absolute atomic E-state index is 13.4. The third-order valence-corrected chi connectivity index (χ3v) is 2.63. The normalized spacial score (nSPS) is 11.0. The standard InChI is InChI=1S/C10H6ClFN4OS/c11-7-2-1-3-8(12)6(7)4-14-16-9(17)5-13-15-10(16)18/h1-5H,(H,15,18)/b14-4+. The predicted molar refractivity (Wildman–Crippen MR) is 68.1 cm³/mol. The van der Waals surface area contributed by atoms with Crippen LogP contribution in [0.2, 0.25) is 5.02 Å². The SMILES string of the molecule is O=c1cn[nH]c(=S)n1/N=C/c1c(F)cccc1Cl. The van der Waals surface area contributed by atoms with Crippen LogP contribution in [0.3, 0.4) is 0 Å². The van der Waals surface area contributed by atoms with E-state index in [1.54, 1.807) is 0 Å². The smallest absolute Gasteiger partial charge is 0.265 e. The van der Waals surface area contributed by atoms with Gasteiger partial charge >= 0.3 is 0 Å². The van der Waals surface area contributed by atoms with Gasteiger partial charge in [-0.1, -0.05) is 17.7 Å². The topological polar surface area (TPSA) is 63.0 Å². The summed E-state index contributed by atoms with van der Waals surface area (Å²) < 4.78 is 14.3.